The van der Waals surface area contributed by atoms with Crippen molar-refractivity contribution >= 4 is 11.0 Å². The number of rotatable bonds is 1. The van der Waals surface area contributed by atoms with Gasteiger partial charge in [0, 0.05) is 6.07 Å². The first-order valence-electron chi connectivity index (χ1n) is 5.59. The quantitative estimate of drug-likeness (QED) is 0.687. The number of nitrogens with one attached hydrogen (secondary N) is 1. The number of hydrogen-bond acceptors (Lipinski definition) is 2. The number of aromatic hydroxyl groups is 1. The monoisotopic (exact) mass is 242 g/mol. The Balaban J connectivity index is 2.19. The fourth-order valence-electron chi connectivity index (χ4n) is 1.95. The van der Waals surface area contributed by atoms with Crippen molar-refractivity contribution < 1.29 is 9.50 Å². The molecule has 90 valence electrons. The van der Waals surface area contributed by atoms with E-state index in [1.807, 2.05) is 25.1 Å². The number of hydrogen-bond donors (Lipinski definition) is 2. The van der Waals surface area contributed by atoms with Crippen LogP contribution < -0.4 is 0 Å². The molecule has 0 atom stereocenters. The predicted molar refractivity (Wildman–Crippen MR) is 67.9 cm³/mol. The van der Waals surface area contributed by atoms with Gasteiger partial charge in [0.15, 0.2) is 0 Å². The predicted octanol–water partition coefficient (Wildman–Crippen LogP) is 3.38. The number of nitrogens with zero attached hydrogens (tertiary/aromatic N) is 1. The second kappa shape index (κ2) is 3.84. The Morgan fingerprint density at radius 3 is 2.78 bits per heavy atom. The molecule has 2 aromatic carbocycles. The molecule has 0 saturated heterocycles. The summed E-state index contributed by atoms with van der Waals surface area (Å²) in [5.74, 6) is -0.123. The summed E-state index contributed by atoms with van der Waals surface area (Å²) in [6.45, 7) is 1.99. The van der Waals surface area contributed by atoms with Gasteiger partial charge in [-0.1, -0.05) is 6.07 Å². The van der Waals surface area contributed by atoms with Crippen LogP contribution in [0.1, 0.15) is 5.56 Å². The minimum atomic E-state index is -0.495. The molecule has 0 aliphatic rings. The van der Waals surface area contributed by atoms with E-state index in [4.69, 9.17) is 0 Å². The molecule has 0 aliphatic carbocycles. The van der Waals surface area contributed by atoms with E-state index >= 15 is 0 Å². The lowest BCUT2D eigenvalue weighted by Crippen LogP contribution is -1.85. The average Bonchev–Trinajstić information content (AvgIpc) is 2.71. The van der Waals surface area contributed by atoms with Gasteiger partial charge in [0.2, 0.25) is 0 Å². The zero-order chi connectivity index (χ0) is 12.7. The van der Waals surface area contributed by atoms with Gasteiger partial charge in [-0.15, -0.1) is 0 Å². The molecule has 0 bridgehead atoms. The van der Waals surface area contributed by atoms with Crippen LogP contribution in [0.3, 0.4) is 0 Å². The van der Waals surface area contributed by atoms with Crippen LogP contribution in [0, 0.1) is 12.7 Å². The molecule has 3 aromatic rings. The van der Waals surface area contributed by atoms with Crippen LogP contribution in [0.5, 0.6) is 5.75 Å². The summed E-state index contributed by atoms with van der Waals surface area (Å²) in [4.78, 5) is 7.42. The molecule has 1 heterocycles. The lowest BCUT2D eigenvalue weighted by molar-refractivity contribution is 0.469. The van der Waals surface area contributed by atoms with Crippen LogP contribution in [0.15, 0.2) is 36.4 Å². The molecule has 2 N–H and O–H groups in total. The van der Waals surface area contributed by atoms with E-state index in [1.165, 1.54) is 12.1 Å². The smallest absolute Gasteiger partial charge is 0.141 e. The Morgan fingerprint density at radius 2 is 2.00 bits per heavy atom. The Bertz CT molecular complexity index is 734. The van der Waals surface area contributed by atoms with E-state index in [0.717, 1.165) is 22.7 Å². The second-order valence-electron chi connectivity index (χ2n) is 4.27. The summed E-state index contributed by atoms with van der Waals surface area (Å²) in [7, 11) is 0. The molecule has 0 amide bonds. The van der Waals surface area contributed by atoms with Crippen molar-refractivity contribution in [2.24, 2.45) is 0 Å². The van der Waals surface area contributed by atoms with Crippen LogP contribution in [-0.4, -0.2) is 15.1 Å². The summed E-state index contributed by atoms with van der Waals surface area (Å²) in [6, 6.07) is 9.84. The van der Waals surface area contributed by atoms with Crippen LogP contribution >= 0.6 is 0 Å². The lowest BCUT2D eigenvalue weighted by atomic mass is 10.2. The molecule has 0 fully saturated rings. The van der Waals surface area contributed by atoms with Gasteiger partial charge < -0.3 is 10.1 Å². The number of imidazole rings is 1. The van der Waals surface area contributed by atoms with Crippen molar-refractivity contribution in [1.82, 2.24) is 9.97 Å². The van der Waals surface area contributed by atoms with E-state index in [2.05, 4.69) is 9.97 Å². The zero-order valence-corrected chi connectivity index (χ0v) is 9.74. The summed E-state index contributed by atoms with van der Waals surface area (Å²) in [5.41, 5.74) is 3.13. The molecule has 3 nitrogen and oxygen atoms in total. The molecular weight excluding hydrogens is 231 g/mol. The fourth-order valence-corrected chi connectivity index (χ4v) is 1.95. The number of benzene rings is 2. The van der Waals surface area contributed by atoms with Crippen LogP contribution in [0.2, 0.25) is 0 Å². The molecule has 0 radical (unpaired) electrons. The van der Waals surface area contributed by atoms with Gasteiger partial charge in [0.05, 0.1) is 16.6 Å². The van der Waals surface area contributed by atoms with Gasteiger partial charge in [-0.05, 0) is 36.8 Å². The maximum absolute atomic E-state index is 13.7. The highest BCUT2D eigenvalue weighted by Crippen LogP contribution is 2.25. The molecule has 1 aromatic heterocycles. The Morgan fingerprint density at radius 1 is 1.17 bits per heavy atom. The molecule has 0 unspecified atom stereocenters. The van der Waals surface area contributed by atoms with E-state index < -0.39 is 5.82 Å². The largest absolute Gasteiger partial charge is 0.508 e. The number of halogens is 1. The highest BCUT2D eigenvalue weighted by molar-refractivity contribution is 5.80. The van der Waals surface area contributed by atoms with Gasteiger partial charge in [-0.2, -0.15) is 0 Å². The van der Waals surface area contributed by atoms with Gasteiger partial charge in [-0.3, -0.25) is 0 Å². The number of aromatic amines is 1. The first-order chi connectivity index (χ1) is 8.63. The molecule has 18 heavy (non-hydrogen) atoms. The number of aryl methyl sites for hydroxylation is 1. The zero-order valence-electron chi connectivity index (χ0n) is 9.74. The second-order valence-corrected chi connectivity index (χ2v) is 4.27. The molecular formula is C14H11FN2O. The maximum atomic E-state index is 13.7. The number of phenolic OH excluding ortho intramolecular Hbond substituents is 1. The van der Waals surface area contributed by atoms with Crippen molar-refractivity contribution in [1.29, 1.82) is 0 Å². The van der Waals surface area contributed by atoms with Crippen LogP contribution in [0.4, 0.5) is 4.39 Å². The van der Waals surface area contributed by atoms with Crippen molar-refractivity contribution in [2.45, 2.75) is 6.92 Å². The highest BCUT2D eigenvalue weighted by atomic mass is 19.1. The van der Waals surface area contributed by atoms with Crippen LogP contribution in [0.25, 0.3) is 22.4 Å². The van der Waals surface area contributed by atoms with Crippen molar-refractivity contribution in [2.75, 3.05) is 0 Å². The fraction of sp³-hybridized carbons (Fsp3) is 0.0714. The Hall–Kier alpha value is -2.36. The molecule has 0 spiro atoms. The lowest BCUT2D eigenvalue weighted by Gasteiger charge is -1.99. The van der Waals surface area contributed by atoms with Crippen molar-refractivity contribution in [3.8, 4) is 17.1 Å². The van der Waals surface area contributed by atoms with Gasteiger partial charge in [-0.25, -0.2) is 9.37 Å². The van der Waals surface area contributed by atoms with Gasteiger partial charge >= 0.3 is 0 Å². The van der Waals surface area contributed by atoms with E-state index in [-0.39, 0.29) is 5.75 Å². The maximum Gasteiger partial charge on any atom is 0.141 e. The molecule has 0 saturated carbocycles. The topological polar surface area (TPSA) is 48.9 Å². The number of fused-ring (bicyclic) bond motifs is 1. The SMILES string of the molecule is Cc1ccc2nc(-c3ccc(O)cc3F)[nH]c2c1. The van der Waals surface area contributed by atoms with Crippen molar-refractivity contribution in [3.05, 3.63) is 47.8 Å². The molecule has 0 aliphatic heterocycles. The number of aromatic nitrogens is 2. The minimum absolute atomic E-state index is 0.0943. The van der Waals surface area contributed by atoms with Crippen LogP contribution in [-0.2, 0) is 0 Å². The van der Waals surface area contributed by atoms with E-state index in [0.29, 0.717) is 11.4 Å². The highest BCUT2D eigenvalue weighted by Gasteiger charge is 2.10. The van der Waals surface area contributed by atoms with E-state index in [1.54, 1.807) is 0 Å². The standard InChI is InChI=1S/C14H11FN2O/c1-8-2-5-12-13(6-8)17-14(16-12)10-4-3-9(18)7-11(10)15/h2-7,18H,1H3,(H,16,17). The van der Waals surface area contributed by atoms with Gasteiger partial charge in [0.1, 0.15) is 17.4 Å². The summed E-state index contributed by atoms with van der Waals surface area (Å²) in [6.07, 6.45) is 0. The number of phenols is 1. The van der Waals surface area contributed by atoms with Crippen molar-refractivity contribution in [3.63, 3.8) is 0 Å². The third kappa shape index (κ3) is 1.72. The Labute approximate surface area is 103 Å². The summed E-state index contributed by atoms with van der Waals surface area (Å²) < 4.78 is 13.7. The third-order valence-corrected chi connectivity index (χ3v) is 2.85. The van der Waals surface area contributed by atoms with Gasteiger partial charge in [0.25, 0.3) is 0 Å². The molecule has 3 rings (SSSR count). The average molecular weight is 242 g/mol. The Kier molecular flexibility index (Phi) is 2.30. The first kappa shape index (κ1) is 10.8. The minimum Gasteiger partial charge on any atom is -0.508 e. The summed E-state index contributed by atoms with van der Waals surface area (Å²) in [5, 5.41) is 9.19. The summed E-state index contributed by atoms with van der Waals surface area (Å²) >= 11 is 0. The molecule has 4 heteroatoms. The number of H-pyrrole nitrogens is 1. The third-order valence-electron chi connectivity index (χ3n) is 2.85. The normalized spacial score (nSPS) is 11.0. The van der Waals surface area contributed by atoms with E-state index in [9.17, 15) is 9.50 Å². The first-order valence-corrected chi connectivity index (χ1v) is 5.59.